The Labute approximate surface area is 160 Å². The first-order valence-electron chi connectivity index (χ1n) is 9.21. The van der Waals surface area contributed by atoms with Crippen LogP contribution in [0.5, 0.6) is 0 Å². The molecule has 0 spiro atoms. The number of nitrogens with zero attached hydrogens (tertiary/aromatic N) is 3. The van der Waals surface area contributed by atoms with Crippen LogP contribution < -0.4 is 0 Å². The summed E-state index contributed by atoms with van der Waals surface area (Å²) in [5.41, 5.74) is 8.28. The molecule has 1 aliphatic carbocycles. The van der Waals surface area contributed by atoms with Crippen molar-refractivity contribution in [2.45, 2.75) is 6.42 Å². The minimum Gasteiger partial charge on any atom is -0.360 e. The molecule has 0 radical (unpaired) electrons. The summed E-state index contributed by atoms with van der Waals surface area (Å²) >= 11 is 0. The number of hydrogen-bond acceptors (Lipinski definition) is 3. The van der Waals surface area contributed by atoms with Crippen molar-refractivity contribution in [3.63, 3.8) is 0 Å². The molecule has 0 aliphatic heterocycles. The van der Waals surface area contributed by atoms with E-state index in [2.05, 4.69) is 27.1 Å². The number of aromatic amines is 3. The molecule has 0 fully saturated rings. The molecule has 0 unspecified atom stereocenters. The Hall–Kier alpha value is -3.93. The van der Waals surface area contributed by atoms with Crippen molar-refractivity contribution in [3.05, 3.63) is 72.8 Å². The van der Waals surface area contributed by atoms with Gasteiger partial charge in [-0.2, -0.15) is 0 Å². The minimum atomic E-state index is 0.782. The highest BCUT2D eigenvalue weighted by Gasteiger charge is 2.17. The van der Waals surface area contributed by atoms with Crippen LogP contribution in [-0.2, 0) is 0 Å². The molecule has 1 aliphatic rings. The minimum absolute atomic E-state index is 0.782. The fraction of sp³-hybridized carbons (Fsp3) is 0.0455. The second kappa shape index (κ2) is 5.79. The van der Waals surface area contributed by atoms with Gasteiger partial charge in [-0.1, -0.05) is 18.2 Å². The number of allylic oxidation sites excluding steroid dienone is 4. The molecule has 4 heterocycles. The summed E-state index contributed by atoms with van der Waals surface area (Å²) < 4.78 is 0. The maximum absolute atomic E-state index is 5.02. The van der Waals surface area contributed by atoms with Crippen molar-refractivity contribution in [1.29, 1.82) is 0 Å². The van der Waals surface area contributed by atoms with Gasteiger partial charge in [0.25, 0.3) is 0 Å². The number of hydrogen-bond donors (Lipinski definition) is 3. The van der Waals surface area contributed by atoms with Gasteiger partial charge in [-0.3, -0.25) is 0 Å². The van der Waals surface area contributed by atoms with Crippen molar-refractivity contribution in [2.75, 3.05) is 0 Å². The third-order valence-corrected chi connectivity index (χ3v) is 5.07. The van der Waals surface area contributed by atoms with Crippen LogP contribution in [0.3, 0.4) is 0 Å². The molecule has 6 nitrogen and oxygen atoms in total. The maximum Gasteiger partial charge on any atom is 0.156 e. The smallest absolute Gasteiger partial charge is 0.156 e. The van der Waals surface area contributed by atoms with E-state index in [-0.39, 0.29) is 0 Å². The van der Waals surface area contributed by atoms with Crippen molar-refractivity contribution in [1.82, 2.24) is 29.9 Å². The van der Waals surface area contributed by atoms with E-state index in [0.717, 1.165) is 62.7 Å². The number of nitrogens with one attached hydrogen (secondary N) is 3. The molecule has 4 aromatic heterocycles. The van der Waals surface area contributed by atoms with Gasteiger partial charge in [-0.15, -0.1) is 0 Å². The summed E-state index contributed by atoms with van der Waals surface area (Å²) in [4.78, 5) is 24.7. The monoisotopic (exact) mass is 364 g/mol. The number of aromatic nitrogens is 6. The van der Waals surface area contributed by atoms with Crippen molar-refractivity contribution < 1.29 is 0 Å². The summed E-state index contributed by atoms with van der Waals surface area (Å²) in [7, 11) is 0. The van der Waals surface area contributed by atoms with Gasteiger partial charge in [0.1, 0.15) is 16.7 Å². The van der Waals surface area contributed by atoms with Gasteiger partial charge in [0.15, 0.2) is 5.82 Å². The average molecular weight is 364 g/mol. The Morgan fingerprint density at radius 1 is 0.821 bits per heavy atom. The zero-order valence-corrected chi connectivity index (χ0v) is 14.9. The molecule has 0 saturated heterocycles. The quantitative estimate of drug-likeness (QED) is 0.428. The number of fused-ring (bicyclic) bond motifs is 3. The Morgan fingerprint density at radius 3 is 2.43 bits per heavy atom. The summed E-state index contributed by atoms with van der Waals surface area (Å²) in [6.45, 7) is 0. The van der Waals surface area contributed by atoms with Crippen molar-refractivity contribution in [3.8, 4) is 22.8 Å². The first kappa shape index (κ1) is 15.2. The highest BCUT2D eigenvalue weighted by Crippen LogP contribution is 2.32. The van der Waals surface area contributed by atoms with Gasteiger partial charge in [-0.25, -0.2) is 15.0 Å². The largest absolute Gasteiger partial charge is 0.360 e. The van der Waals surface area contributed by atoms with Crippen LogP contribution >= 0.6 is 0 Å². The molecule has 6 heteroatoms. The van der Waals surface area contributed by atoms with Crippen LogP contribution in [0.1, 0.15) is 12.2 Å². The van der Waals surface area contributed by atoms with E-state index in [4.69, 9.17) is 15.0 Å². The Bertz CT molecular complexity index is 1370. The van der Waals surface area contributed by atoms with Gasteiger partial charge < -0.3 is 15.0 Å². The predicted molar refractivity (Wildman–Crippen MR) is 110 cm³/mol. The molecular weight excluding hydrogens is 348 g/mol. The number of imidazole rings is 1. The van der Waals surface area contributed by atoms with E-state index in [1.165, 1.54) is 0 Å². The Kier molecular flexibility index (Phi) is 3.13. The number of benzene rings is 1. The number of rotatable bonds is 3. The van der Waals surface area contributed by atoms with Crippen LogP contribution in [0, 0.1) is 0 Å². The van der Waals surface area contributed by atoms with Gasteiger partial charge in [0.2, 0.25) is 0 Å². The van der Waals surface area contributed by atoms with Gasteiger partial charge in [-0.05, 0) is 42.8 Å². The summed E-state index contributed by atoms with van der Waals surface area (Å²) in [5.74, 6) is 0.782. The van der Waals surface area contributed by atoms with Crippen LogP contribution in [0.4, 0.5) is 0 Å². The van der Waals surface area contributed by atoms with Gasteiger partial charge in [0.05, 0.1) is 28.1 Å². The van der Waals surface area contributed by atoms with Crippen molar-refractivity contribution >= 4 is 27.6 Å². The lowest BCUT2D eigenvalue weighted by molar-refractivity contribution is 1.22. The van der Waals surface area contributed by atoms with Crippen LogP contribution in [-0.4, -0.2) is 29.9 Å². The molecule has 5 aromatic rings. The first-order valence-corrected chi connectivity index (χ1v) is 9.21. The molecule has 0 atom stereocenters. The molecule has 1 aromatic carbocycles. The highest BCUT2D eigenvalue weighted by atomic mass is 15.0. The van der Waals surface area contributed by atoms with E-state index in [0.29, 0.717) is 0 Å². The summed E-state index contributed by atoms with van der Waals surface area (Å²) in [6, 6.07) is 12.0. The molecule has 0 bridgehead atoms. The second-order valence-corrected chi connectivity index (χ2v) is 6.83. The molecule has 6 rings (SSSR count). The average Bonchev–Trinajstić information content (AvgIpc) is 3.52. The summed E-state index contributed by atoms with van der Waals surface area (Å²) in [6.07, 6.45) is 10.9. The third kappa shape index (κ3) is 2.24. The SMILES string of the molecule is C1=CCC(c2nc3ccc4[nH]c(-c5ccc[nH]5)c(-c5ccc[nH]5)nc4c3n2)=C1. The van der Waals surface area contributed by atoms with Crippen molar-refractivity contribution in [2.24, 2.45) is 0 Å². The second-order valence-electron chi connectivity index (χ2n) is 6.83. The Balaban J connectivity index is 1.64. The Morgan fingerprint density at radius 2 is 1.68 bits per heavy atom. The lowest BCUT2D eigenvalue weighted by Crippen LogP contribution is -1.96. The van der Waals surface area contributed by atoms with E-state index in [9.17, 15) is 0 Å². The normalized spacial score (nSPS) is 13.6. The van der Waals surface area contributed by atoms with Crippen LogP contribution in [0.15, 0.2) is 67.0 Å². The highest BCUT2D eigenvalue weighted by molar-refractivity contribution is 6.02. The summed E-state index contributed by atoms with van der Waals surface area (Å²) in [5, 5.41) is 0. The van der Waals surface area contributed by atoms with E-state index in [1.807, 2.05) is 54.9 Å². The lowest BCUT2D eigenvalue weighted by atomic mass is 10.1. The molecule has 3 N–H and O–H groups in total. The van der Waals surface area contributed by atoms with Gasteiger partial charge >= 0.3 is 0 Å². The lowest BCUT2D eigenvalue weighted by Gasteiger charge is -2.09. The molecule has 28 heavy (non-hydrogen) atoms. The molecule has 0 amide bonds. The zero-order chi connectivity index (χ0) is 18.5. The maximum atomic E-state index is 5.02. The topological polar surface area (TPSA) is 86.0 Å². The van der Waals surface area contributed by atoms with E-state index >= 15 is 0 Å². The van der Waals surface area contributed by atoms with Crippen LogP contribution in [0.25, 0.3) is 50.4 Å². The van der Waals surface area contributed by atoms with Gasteiger partial charge in [0, 0.05) is 18.0 Å². The van der Waals surface area contributed by atoms with E-state index < -0.39 is 0 Å². The fourth-order valence-corrected chi connectivity index (χ4v) is 3.70. The van der Waals surface area contributed by atoms with E-state index in [1.54, 1.807) is 0 Å². The zero-order valence-electron chi connectivity index (χ0n) is 14.9. The predicted octanol–water partition coefficient (Wildman–Crippen LogP) is 4.84. The molecular formula is C22H16N6. The standard InChI is InChI=1S/C22H16N6/c1-2-6-13(5-1)22-26-17-10-9-16-20(21(17)28-22)27-19(15-8-4-12-24-15)18(25-16)14-7-3-11-23-14/h1-5,7-12,23-25H,6H2. The number of H-pyrrole nitrogens is 3. The first-order chi connectivity index (χ1) is 13.9. The molecule has 0 saturated carbocycles. The molecule has 134 valence electrons. The van der Waals surface area contributed by atoms with Crippen LogP contribution in [0.2, 0.25) is 0 Å². The third-order valence-electron chi connectivity index (χ3n) is 5.07. The fourth-order valence-electron chi connectivity index (χ4n) is 3.70.